The lowest BCUT2D eigenvalue weighted by molar-refractivity contribution is -0.127. The van der Waals surface area contributed by atoms with Gasteiger partial charge in [0.15, 0.2) is 0 Å². The molecular formula is C18H21NO2S2. The van der Waals surface area contributed by atoms with Crippen LogP contribution in [0.2, 0.25) is 0 Å². The van der Waals surface area contributed by atoms with Crippen molar-refractivity contribution < 1.29 is 9.21 Å². The molecule has 0 bridgehead atoms. The summed E-state index contributed by atoms with van der Waals surface area (Å²) in [5, 5.41) is 0.164. The van der Waals surface area contributed by atoms with Gasteiger partial charge in [-0.25, -0.2) is 0 Å². The maximum Gasteiger partial charge on any atom is 0.233 e. The number of hydrogen-bond acceptors (Lipinski definition) is 4. The van der Waals surface area contributed by atoms with Gasteiger partial charge in [-0.1, -0.05) is 31.2 Å². The van der Waals surface area contributed by atoms with Gasteiger partial charge in [-0.05, 0) is 29.7 Å². The number of carbonyl (C=O) groups is 1. The minimum Gasteiger partial charge on any atom is -0.468 e. The smallest absolute Gasteiger partial charge is 0.233 e. The quantitative estimate of drug-likeness (QED) is 0.697. The fourth-order valence-electron chi connectivity index (χ4n) is 2.62. The Labute approximate surface area is 145 Å². The van der Waals surface area contributed by atoms with Crippen molar-refractivity contribution in [1.82, 2.24) is 4.90 Å². The second-order valence-corrected chi connectivity index (χ2v) is 7.65. The summed E-state index contributed by atoms with van der Waals surface area (Å²) in [6, 6.07) is 12.6. The number of carbonyl (C=O) groups excluding carboxylic acids is 1. The molecule has 23 heavy (non-hydrogen) atoms. The van der Waals surface area contributed by atoms with Gasteiger partial charge in [-0.2, -0.15) is 11.8 Å². The van der Waals surface area contributed by atoms with Crippen molar-refractivity contribution >= 4 is 29.4 Å². The van der Waals surface area contributed by atoms with Crippen LogP contribution in [0, 0.1) is 0 Å². The van der Waals surface area contributed by atoms with Gasteiger partial charge in [0.05, 0.1) is 17.8 Å². The molecule has 0 aliphatic carbocycles. The third-order valence-electron chi connectivity index (χ3n) is 3.94. The Morgan fingerprint density at radius 2 is 2.13 bits per heavy atom. The molecular weight excluding hydrogens is 326 g/mol. The second-order valence-electron chi connectivity index (χ2n) is 5.48. The van der Waals surface area contributed by atoms with Gasteiger partial charge >= 0.3 is 0 Å². The van der Waals surface area contributed by atoms with Crippen LogP contribution < -0.4 is 0 Å². The molecule has 0 saturated carbocycles. The van der Waals surface area contributed by atoms with Crippen molar-refractivity contribution in [3.8, 4) is 0 Å². The van der Waals surface area contributed by atoms with Crippen molar-refractivity contribution in [3.63, 3.8) is 0 Å². The van der Waals surface area contributed by atoms with E-state index in [1.54, 1.807) is 29.8 Å². The summed E-state index contributed by atoms with van der Waals surface area (Å²) in [5.41, 5.74) is 2.57. The average molecular weight is 348 g/mol. The van der Waals surface area contributed by atoms with Crippen LogP contribution in [0.1, 0.15) is 29.2 Å². The first-order chi connectivity index (χ1) is 11.3. The molecule has 0 radical (unpaired) electrons. The lowest BCUT2D eigenvalue weighted by Crippen LogP contribution is -2.30. The summed E-state index contributed by atoms with van der Waals surface area (Å²) < 4.78 is 5.33. The molecule has 0 N–H and O–H groups in total. The van der Waals surface area contributed by atoms with Crippen LogP contribution in [0.15, 0.2) is 47.1 Å². The van der Waals surface area contributed by atoms with E-state index in [0.29, 0.717) is 5.75 Å². The highest BCUT2D eigenvalue weighted by Gasteiger charge is 2.32. The van der Waals surface area contributed by atoms with Crippen molar-refractivity contribution in [3.05, 3.63) is 59.5 Å². The number of thioether (sulfide) groups is 2. The molecule has 3 rings (SSSR count). The van der Waals surface area contributed by atoms with E-state index in [-0.39, 0.29) is 11.3 Å². The fourth-order valence-corrected chi connectivity index (χ4v) is 4.67. The summed E-state index contributed by atoms with van der Waals surface area (Å²) in [4.78, 5) is 14.2. The highest BCUT2D eigenvalue weighted by atomic mass is 32.2. The van der Waals surface area contributed by atoms with Crippen LogP contribution in [-0.4, -0.2) is 28.9 Å². The molecule has 1 unspecified atom stereocenters. The molecule has 1 saturated heterocycles. The maximum atomic E-state index is 12.2. The predicted molar refractivity (Wildman–Crippen MR) is 97.6 cm³/mol. The Kier molecular flexibility index (Phi) is 5.73. The highest BCUT2D eigenvalue weighted by molar-refractivity contribution is 8.00. The number of nitrogens with zero attached hydrogens (tertiary/aromatic N) is 1. The summed E-state index contributed by atoms with van der Waals surface area (Å²) >= 11 is 3.54. The number of furan rings is 1. The standard InChI is InChI=1S/C18H21NO2S2/c1-2-14-5-7-15(8-6-14)18-19(17(20)13-23-18)9-11-22-12-16-4-3-10-21-16/h3-8,10,18H,2,9,11-13H2,1H3. The molecule has 2 heterocycles. The highest BCUT2D eigenvalue weighted by Crippen LogP contribution is 2.38. The lowest BCUT2D eigenvalue weighted by atomic mass is 10.1. The first-order valence-corrected chi connectivity index (χ1v) is 10.1. The van der Waals surface area contributed by atoms with Crippen LogP contribution in [0.3, 0.4) is 0 Å². The largest absolute Gasteiger partial charge is 0.468 e. The van der Waals surface area contributed by atoms with E-state index in [0.717, 1.165) is 30.2 Å². The fraction of sp³-hybridized carbons (Fsp3) is 0.389. The summed E-state index contributed by atoms with van der Waals surface area (Å²) in [7, 11) is 0. The third kappa shape index (κ3) is 4.15. The molecule has 1 fully saturated rings. The third-order valence-corrected chi connectivity index (χ3v) is 6.16. The van der Waals surface area contributed by atoms with Gasteiger partial charge in [0.2, 0.25) is 5.91 Å². The molecule has 5 heteroatoms. The summed E-state index contributed by atoms with van der Waals surface area (Å²) in [6.45, 7) is 2.95. The Morgan fingerprint density at radius 3 is 2.83 bits per heavy atom. The van der Waals surface area contributed by atoms with E-state index >= 15 is 0 Å². The van der Waals surface area contributed by atoms with Gasteiger partial charge in [-0.3, -0.25) is 4.79 Å². The first-order valence-electron chi connectivity index (χ1n) is 7.88. The minimum absolute atomic E-state index is 0.164. The molecule has 0 spiro atoms. The number of amides is 1. The van der Waals surface area contributed by atoms with Crippen molar-refractivity contribution in [2.75, 3.05) is 18.1 Å². The van der Waals surface area contributed by atoms with Crippen molar-refractivity contribution in [2.45, 2.75) is 24.5 Å². The zero-order valence-electron chi connectivity index (χ0n) is 13.2. The SMILES string of the molecule is CCc1ccc(C2SCC(=O)N2CCSCc2ccco2)cc1. The van der Waals surface area contributed by atoms with Gasteiger partial charge in [-0.15, -0.1) is 11.8 Å². The Bertz CT molecular complexity index is 625. The number of rotatable bonds is 7. The molecule has 3 nitrogen and oxygen atoms in total. The van der Waals surface area contributed by atoms with E-state index in [1.165, 1.54) is 11.1 Å². The van der Waals surface area contributed by atoms with E-state index < -0.39 is 0 Å². The molecule has 1 atom stereocenters. The Morgan fingerprint density at radius 1 is 1.30 bits per heavy atom. The van der Waals surface area contributed by atoms with Gasteiger partial charge in [0.1, 0.15) is 11.1 Å². The molecule has 122 valence electrons. The molecule has 1 aromatic carbocycles. The van der Waals surface area contributed by atoms with Crippen LogP contribution >= 0.6 is 23.5 Å². The van der Waals surface area contributed by atoms with Gasteiger partial charge < -0.3 is 9.32 Å². The first kappa shape index (κ1) is 16.5. The summed E-state index contributed by atoms with van der Waals surface area (Å²) in [6.07, 6.45) is 2.75. The Balaban J connectivity index is 1.56. The number of aryl methyl sites for hydroxylation is 1. The van der Waals surface area contributed by atoms with Crippen LogP contribution in [-0.2, 0) is 17.0 Å². The average Bonchev–Trinajstić information content (AvgIpc) is 3.22. The zero-order valence-corrected chi connectivity index (χ0v) is 14.9. The monoisotopic (exact) mass is 347 g/mol. The van der Waals surface area contributed by atoms with Gasteiger partial charge in [0.25, 0.3) is 0 Å². The van der Waals surface area contributed by atoms with E-state index in [4.69, 9.17) is 4.42 Å². The zero-order chi connectivity index (χ0) is 16.1. The van der Waals surface area contributed by atoms with Crippen LogP contribution in [0.5, 0.6) is 0 Å². The van der Waals surface area contributed by atoms with Gasteiger partial charge in [0, 0.05) is 12.3 Å². The Hall–Kier alpha value is -1.33. The van der Waals surface area contributed by atoms with Crippen LogP contribution in [0.25, 0.3) is 0 Å². The topological polar surface area (TPSA) is 33.5 Å². The van der Waals surface area contributed by atoms with E-state index in [1.807, 2.05) is 17.0 Å². The lowest BCUT2D eigenvalue weighted by Gasteiger charge is -2.24. The molecule has 1 aliphatic rings. The molecule has 1 aromatic heterocycles. The van der Waals surface area contributed by atoms with Crippen LogP contribution in [0.4, 0.5) is 0 Å². The van der Waals surface area contributed by atoms with Crippen molar-refractivity contribution in [1.29, 1.82) is 0 Å². The van der Waals surface area contributed by atoms with E-state index in [9.17, 15) is 4.79 Å². The number of benzene rings is 1. The second kappa shape index (κ2) is 7.97. The molecule has 1 amide bonds. The number of hydrogen-bond donors (Lipinski definition) is 0. The molecule has 2 aromatic rings. The maximum absolute atomic E-state index is 12.2. The molecule has 1 aliphatic heterocycles. The minimum atomic E-state index is 0.164. The van der Waals surface area contributed by atoms with E-state index in [2.05, 4.69) is 31.2 Å². The van der Waals surface area contributed by atoms with Crippen molar-refractivity contribution in [2.24, 2.45) is 0 Å². The normalized spacial score (nSPS) is 17.9. The predicted octanol–water partition coefficient (Wildman–Crippen LogP) is 4.35. The summed E-state index contributed by atoms with van der Waals surface area (Å²) in [5.74, 6) is 3.61.